The molecule has 0 spiro atoms. The standard InChI is InChI=1S/C51H56N8O2/c1-5-45(57(4)51(61)47(42-20-12-7-13-21-42)59-32-16-9-17-33-59)49-53-35-44(55-49)40-28-24-38(25-29-40)37-22-26-39(27-23-37)43-34-52-48(54-43)36(2)56(3)50(60)46(41-18-10-6-11-19-41)58-30-14-8-15-31-58/h1,6-7,10-13,18-29,34-36,45-47H,8-9,14-17,30-33H2,2-4H3,(H,52,54)(H,53,55)/t36-,45-,46?,47+/m0/s1. The molecule has 10 nitrogen and oxygen atoms in total. The Hall–Kier alpha value is -6.28. The molecule has 4 heterocycles. The number of terminal acetylenes is 1. The number of nitrogens with one attached hydrogen (secondary N) is 2. The van der Waals surface area contributed by atoms with Crippen LogP contribution in [0.1, 0.15) is 92.4 Å². The highest BCUT2D eigenvalue weighted by Crippen LogP contribution is 2.33. The third kappa shape index (κ3) is 9.09. The molecule has 2 saturated heterocycles. The fourth-order valence-electron chi connectivity index (χ4n) is 8.91. The van der Waals surface area contributed by atoms with E-state index in [9.17, 15) is 9.59 Å². The van der Waals surface area contributed by atoms with Gasteiger partial charge in [-0.1, -0.05) is 128 Å². The monoisotopic (exact) mass is 812 g/mol. The first-order valence-corrected chi connectivity index (χ1v) is 21.7. The van der Waals surface area contributed by atoms with Gasteiger partial charge in [-0.25, -0.2) is 9.97 Å². The van der Waals surface area contributed by atoms with E-state index in [0.717, 1.165) is 102 Å². The molecular weight excluding hydrogens is 757 g/mol. The van der Waals surface area contributed by atoms with Gasteiger partial charge in [-0.2, -0.15) is 0 Å². The van der Waals surface area contributed by atoms with Crippen molar-refractivity contribution in [2.75, 3.05) is 40.3 Å². The normalized spacial score (nSPS) is 16.8. The van der Waals surface area contributed by atoms with Gasteiger partial charge in [-0.3, -0.25) is 19.4 Å². The summed E-state index contributed by atoms with van der Waals surface area (Å²) in [5.74, 6) is 4.18. The Balaban J connectivity index is 0.920. The van der Waals surface area contributed by atoms with Crippen molar-refractivity contribution in [1.29, 1.82) is 0 Å². The quantitative estimate of drug-likeness (QED) is 0.113. The molecule has 2 aromatic heterocycles. The highest BCUT2D eigenvalue weighted by Gasteiger charge is 2.35. The third-order valence-electron chi connectivity index (χ3n) is 12.6. The molecule has 2 aliphatic heterocycles. The number of imidazole rings is 2. The highest BCUT2D eigenvalue weighted by atomic mass is 16.2. The Bertz CT molecular complexity index is 2410. The van der Waals surface area contributed by atoms with Crippen LogP contribution < -0.4 is 0 Å². The average Bonchev–Trinajstić information content (AvgIpc) is 4.02. The topological polar surface area (TPSA) is 104 Å². The van der Waals surface area contributed by atoms with Gasteiger partial charge in [0.25, 0.3) is 0 Å². The number of carbonyl (C=O) groups excluding carboxylic acids is 2. The molecule has 4 atom stereocenters. The molecule has 6 aromatic rings. The van der Waals surface area contributed by atoms with Gasteiger partial charge < -0.3 is 19.8 Å². The van der Waals surface area contributed by atoms with Gasteiger partial charge in [0.1, 0.15) is 23.7 Å². The number of rotatable bonds is 13. The van der Waals surface area contributed by atoms with Crippen LogP contribution >= 0.6 is 0 Å². The number of likely N-dealkylation sites (tertiary alicyclic amines) is 2. The van der Waals surface area contributed by atoms with Crippen LogP contribution in [-0.4, -0.2) is 91.6 Å². The maximum absolute atomic E-state index is 14.2. The first-order chi connectivity index (χ1) is 29.8. The first kappa shape index (κ1) is 41.5. The van der Waals surface area contributed by atoms with Crippen molar-refractivity contribution in [3.63, 3.8) is 0 Å². The van der Waals surface area contributed by atoms with Gasteiger partial charge in [-0.15, -0.1) is 6.42 Å². The molecule has 2 amide bonds. The van der Waals surface area contributed by atoms with Gasteiger partial charge in [0.15, 0.2) is 6.04 Å². The molecule has 10 heteroatoms. The minimum absolute atomic E-state index is 0.0354. The minimum atomic E-state index is -0.649. The van der Waals surface area contributed by atoms with Crippen LogP contribution in [0.15, 0.2) is 122 Å². The number of amides is 2. The summed E-state index contributed by atoms with van der Waals surface area (Å²) >= 11 is 0. The van der Waals surface area contributed by atoms with Crippen LogP contribution in [0.4, 0.5) is 0 Å². The number of piperidine rings is 2. The zero-order valence-corrected chi connectivity index (χ0v) is 35.5. The molecule has 0 aliphatic carbocycles. The summed E-state index contributed by atoms with van der Waals surface area (Å²) in [6.45, 7) is 5.64. The number of H-pyrrole nitrogens is 2. The van der Waals surface area contributed by atoms with E-state index >= 15 is 0 Å². The number of hydrogen-bond acceptors (Lipinski definition) is 6. The molecule has 0 bridgehead atoms. The molecule has 2 fully saturated rings. The van der Waals surface area contributed by atoms with Gasteiger partial charge in [0.05, 0.1) is 29.8 Å². The predicted octanol–water partition coefficient (Wildman–Crippen LogP) is 9.24. The lowest BCUT2D eigenvalue weighted by molar-refractivity contribution is -0.139. The molecule has 2 aliphatic rings. The zero-order valence-electron chi connectivity index (χ0n) is 35.5. The zero-order chi connectivity index (χ0) is 42.3. The summed E-state index contributed by atoms with van der Waals surface area (Å²) < 4.78 is 0. The minimum Gasteiger partial charge on any atom is -0.340 e. The predicted molar refractivity (Wildman–Crippen MR) is 242 cm³/mol. The summed E-state index contributed by atoms with van der Waals surface area (Å²) in [4.78, 5) is 52.7. The molecule has 312 valence electrons. The highest BCUT2D eigenvalue weighted by molar-refractivity contribution is 5.84. The van der Waals surface area contributed by atoms with E-state index in [4.69, 9.17) is 11.4 Å². The fraction of sp³-hybridized carbons (Fsp3) is 0.333. The number of benzene rings is 4. The second kappa shape index (κ2) is 19.0. The maximum Gasteiger partial charge on any atom is 0.245 e. The van der Waals surface area contributed by atoms with Crippen molar-refractivity contribution in [2.45, 2.75) is 69.6 Å². The molecule has 4 aromatic carbocycles. The summed E-state index contributed by atoms with van der Waals surface area (Å²) in [5, 5.41) is 0. The van der Waals surface area contributed by atoms with E-state index in [-0.39, 0.29) is 23.9 Å². The Labute approximate surface area is 360 Å². The Morgan fingerprint density at radius 1 is 0.574 bits per heavy atom. The number of aromatic nitrogens is 4. The van der Waals surface area contributed by atoms with Gasteiger partial charge in [0, 0.05) is 14.1 Å². The van der Waals surface area contributed by atoms with E-state index < -0.39 is 12.1 Å². The van der Waals surface area contributed by atoms with E-state index in [0.29, 0.717) is 5.82 Å². The van der Waals surface area contributed by atoms with Crippen LogP contribution in [0.3, 0.4) is 0 Å². The number of likely N-dealkylation sites (N-methyl/N-ethyl adjacent to an activating group) is 2. The summed E-state index contributed by atoms with van der Waals surface area (Å²) in [7, 11) is 3.66. The molecular formula is C51H56N8O2. The van der Waals surface area contributed by atoms with Gasteiger partial charge >= 0.3 is 0 Å². The van der Waals surface area contributed by atoms with Crippen LogP contribution in [0.2, 0.25) is 0 Å². The van der Waals surface area contributed by atoms with Crippen LogP contribution in [0.5, 0.6) is 0 Å². The molecule has 8 rings (SSSR count). The number of carbonyl (C=O) groups is 2. The Kier molecular flexibility index (Phi) is 12.9. The number of hydrogen-bond donors (Lipinski definition) is 2. The fourth-order valence-corrected chi connectivity index (χ4v) is 8.91. The molecule has 0 saturated carbocycles. The lowest BCUT2D eigenvalue weighted by Gasteiger charge is -2.37. The largest absolute Gasteiger partial charge is 0.340 e. The van der Waals surface area contributed by atoms with Crippen molar-refractivity contribution in [3.05, 3.63) is 144 Å². The summed E-state index contributed by atoms with van der Waals surface area (Å²) in [6.07, 6.45) is 16.5. The number of nitrogens with zero attached hydrogens (tertiary/aromatic N) is 6. The smallest absolute Gasteiger partial charge is 0.245 e. The third-order valence-corrected chi connectivity index (χ3v) is 12.6. The number of aromatic amines is 2. The van der Waals surface area contributed by atoms with E-state index in [2.05, 4.69) is 91.3 Å². The SMILES string of the molecule is C#C[C@@H](c1ncc(-c2ccc(-c3ccc(-c4cnc([C@H](C)N(C)C(=O)C(c5ccccc5)N5CCCCC5)[nH]4)cc3)cc2)[nH]1)N(C)C(=O)[C@@H](c1ccccc1)N1CCCCC1. The van der Waals surface area contributed by atoms with Crippen LogP contribution in [-0.2, 0) is 9.59 Å². The Morgan fingerprint density at radius 3 is 1.41 bits per heavy atom. The van der Waals surface area contributed by atoms with Crippen LogP contribution in [0.25, 0.3) is 33.6 Å². The summed E-state index contributed by atoms with van der Waals surface area (Å²) in [5.41, 5.74) is 7.87. The van der Waals surface area contributed by atoms with Crippen molar-refractivity contribution in [2.24, 2.45) is 0 Å². The van der Waals surface area contributed by atoms with Crippen molar-refractivity contribution in [1.82, 2.24) is 39.5 Å². The van der Waals surface area contributed by atoms with E-state index in [1.54, 1.807) is 18.1 Å². The first-order valence-electron chi connectivity index (χ1n) is 21.7. The Morgan fingerprint density at radius 2 is 0.967 bits per heavy atom. The van der Waals surface area contributed by atoms with Crippen molar-refractivity contribution >= 4 is 11.8 Å². The molecule has 0 radical (unpaired) electrons. The second-order valence-electron chi connectivity index (χ2n) is 16.5. The van der Waals surface area contributed by atoms with E-state index in [1.807, 2.05) is 73.6 Å². The lowest BCUT2D eigenvalue weighted by Crippen LogP contribution is -2.44. The van der Waals surface area contributed by atoms with E-state index in [1.165, 1.54) is 12.8 Å². The molecule has 1 unspecified atom stereocenters. The van der Waals surface area contributed by atoms with Crippen molar-refractivity contribution in [3.8, 4) is 46.0 Å². The molecule has 61 heavy (non-hydrogen) atoms. The van der Waals surface area contributed by atoms with Crippen molar-refractivity contribution < 1.29 is 9.59 Å². The van der Waals surface area contributed by atoms with Gasteiger partial charge in [0.2, 0.25) is 11.8 Å². The second-order valence-corrected chi connectivity index (χ2v) is 16.5. The van der Waals surface area contributed by atoms with Crippen LogP contribution in [0, 0.1) is 12.3 Å². The lowest BCUT2D eigenvalue weighted by atomic mass is 10.00. The van der Waals surface area contributed by atoms with Gasteiger partial charge in [-0.05, 0) is 92.2 Å². The molecule has 2 N–H and O–H groups in total. The summed E-state index contributed by atoms with van der Waals surface area (Å²) in [6, 6.07) is 35.3. The maximum atomic E-state index is 14.2. The average molecular weight is 813 g/mol.